The molecule has 1 fully saturated rings. The Bertz CT molecular complexity index is 1270. The number of thioether (sulfide) groups is 1. The van der Waals surface area contributed by atoms with Gasteiger partial charge in [-0.2, -0.15) is 0 Å². The highest BCUT2D eigenvalue weighted by atomic mass is 32.2. The molecule has 0 aliphatic carbocycles. The SMILES string of the molecule is COC(=O)[C@]12Sc3ccccc3NC(c3ccccc3)=C1C(=O)C(=O)N2c1ccccc1. The zero-order valence-corrected chi connectivity index (χ0v) is 17.9. The van der Waals surface area contributed by atoms with E-state index >= 15 is 0 Å². The van der Waals surface area contributed by atoms with Crippen molar-refractivity contribution in [2.45, 2.75) is 9.77 Å². The summed E-state index contributed by atoms with van der Waals surface area (Å²) in [6.07, 6.45) is 0. The van der Waals surface area contributed by atoms with Gasteiger partial charge in [0.05, 0.1) is 24.1 Å². The van der Waals surface area contributed by atoms with Crippen molar-refractivity contribution in [3.63, 3.8) is 0 Å². The molecule has 2 aliphatic rings. The normalized spacial score (nSPS) is 19.7. The summed E-state index contributed by atoms with van der Waals surface area (Å²) in [4.78, 5) is 40.7. The van der Waals surface area contributed by atoms with Gasteiger partial charge in [0.1, 0.15) is 0 Å². The quantitative estimate of drug-likeness (QED) is 0.486. The highest BCUT2D eigenvalue weighted by Gasteiger charge is 2.64. The van der Waals surface area contributed by atoms with E-state index in [2.05, 4.69) is 5.32 Å². The van der Waals surface area contributed by atoms with E-state index in [4.69, 9.17) is 4.74 Å². The fourth-order valence-electron chi connectivity index (χ4n) is 4.08. The van der Waals surface area contributed by atoms with Crippen LogP contribution in [0.3, 0.4) is 0 Å². The lowest BCUT2D eigenvalue weighted by Crippen LogP contribution is -2.51. The molecular formula is C25H18N2O4S. The topological polar surface area (TPSA) is 75.7 Å². The molecule has 0 radical (unpaired) electrons. The van der Waals surface area contributed by atoms with Crippen molar-refractivity contribution in [3.8, 4) is 0 Å². The van der Waals surface area contributed by atoms with Crippen molar-refractivity contribution in [2.75, 3.05) is 17.3 Å². The molecule has 2 aliphatic heterocycles. The van der Waals surface area contributed by atoms with Gasteiger partial charge in [-0.25, -0.2) is 4.79 Å². The Hall–Kier alpha value is -3.84. The molecule has 3 aromatic carbocycles. The first-order chi connectivity index (χ1) is 15.6. The molecule has 3 aromatic rings. The molecule has 2 heterocycles. The van der Waals surface area contributed by atoms with Crippen LogP contribution in [0.4, 0.5) is 11.4 Å². The van der Waals surface area contributed by atoms with Crippen molar-refractivity contribution in [1.29, 1.82) is 0 Å². The van der Waals surface area contributed by atoms with Crippen LogP contribution in [0.1, 0.15) is 5.56 Å². The number of methoxy groups -OCH3 is 1. The van der Waals surface area contributed by atoms with Gasteiger partial charge in [0.2, 0.25) is 4.87 Å². The number of ether oxygens (including phenoxy) is 1. The fourth-order valence-corrected chi connectivity index (χ4v) is 5.52. The third-order valence-electron chi connectivity index (χ3n) is 5.47. The lowest BCUT2D eigenvalue weighted by Gasteiger charge is -2.34. The Morgan fingerprint density at radius 1 is 0.906 bits per heavy atom. The van der Waals surface area contributed by atoms with Crippen LogP contribution in [0.15, 0.2) is 95.4 Å². The summed E-state index contributed by atoms with van der Waals surface area (Å²) >= 11 is 1.13. The number of carbonyl (C=O) groups excluding carboxylic acids is 3. The van der Waals surface area contributed by atoms with Crippen LogP contribution in [0.5, 0.6) is 0 Å². The standard InChI is InChI=1S/C25H18N2O4S/c1-31-24(30)25-20(22(28)23(29)27(25)17-12-6-3-7-13-17)21(16-10-4-2-5-11-16)26-18-14-8-9-15-19(18)32-25/h2-15,26H,1H3/t25-/m1/s1. The number of rotatable bonds is 3. The van der Waals surface area contributed by atoms with Crippen molar-refractivity contribution in [1.82, 2.24) is 0 Å². The lowest BCUT2D eigenvalue weighted by molar-refractivity contribution is -0.142. The number of hydrogen-bond donors (Lipinski definition) is 1. The molecule has 158 valence electrons. The van der Waals surface area contributed by atoms with Gasteiger partial charge in [-0.05, 0) is 29.8 Å². The second-order valence-electron chi connectivity index (χ2n) is 7.28. The highest BCUT2D eigenvalue weighted by molar-refractivity contribution is 8.02. The average molecular weight is 442 g/mol. The summed E-state index contributed by atoms with van der Waals surface area (Å²) < 4.78 is 5.23. The molecule has 0 aromatic heterocycles. The van der Waals surface area contributed by atoms with E-state index in [-0.39, 0.29) is 5.57 Å². The first kappa shape index (κ1) is 20.1. The summed E-state index contributed by atoms with van der Waals surface area (Å²) in [5, 5.41) is 3.33. The van der Waals surface area contributed by atoms with E-state index in [0.717, 1.165) is 17.4 Å². The molecule has 32 heavy (non-hydrogen) atoms. The van der Waals surface area contributed by atoms with Gasteiger partial charge in [-0.1, -0.05) is 72.4 Å². The number of ketones is 1. The Labute approximate surface area is 188 Å². The first-order valence-electron chi connectivity index (χ1n) is 9.95. The number of esters is 1. The Morgan fingerprint density at radius 2 is 1.53 bits per heavy atom. The van der Waals surface area contributed by atoms with E-state index in [1.54, 1.807) is 30.3 Å². The Morgan fingerprint density at radius 3 is 2.22 bits per heavy atom. The average Bonchev–Trinajstić information content (AvgIpc) is 2.96. The smallest absolute Gasteiger partial charge is 0.348 e. The molecule has 1 atom stereocenters. The van der Waals surface area contributed by atoms with Crippen LogP contribution in [-0.2, 0) is 19.1 Å². The minimum absolute atomic E-state index is 0.0607. The molecule has 1 saturated heterocycles. The number of nitrogens with zero attached hydrogens (tertiary/aromatic N) is 1. The summed E-state index contributed by atoms with van der Waals surface area (Å²) in [5.74, 6) is -2.22. The Kier molecular flexibility index (Phi) is 4.83. The molecule has 0 bridgehead atoms. The number of amides is 1. The van der Waals surface area contributed by atoms with Crippen LogP contribution in [0.2, 0.25) is 0 Å². The molecule has 1 amide bonds. The van der Waals surface area contributed by atoms with E-state index in [0.29, 0.717) is 21.8 Å². The zero-order chi connectivity index (χ0) is 22.3. The van der Waals surface area contributed by atoms with Crippen molar-refractivity contribution < 1.29 is 19.1 Å². The van der Waals surface area contributed by atoms with Gasteiger partial charge in [0, 0.05) is 10.6 Å². The third kappa shape index (κ3) is 2.85. The summed E-state index contributed by atoms with van der Waals surface area (Å²) in [7, 11) is 1.26. The van der Waals surface area contributed by atoms with Crippen LogP contribution in [0, 0.1) is 0 Å². The third-order valence-corrected chi connectivity index (χ3v) is 6.90. The van der Waals surface area contributed by atoms with Crippen LogP contribution in [-0.4, -0.2) is 29.6 Å². The molecule has 0 spiro atoms. The minimum atomic E-state index is -1.73. The van der Waals surface area contributed by atoms with Crippen molar-refractivity contribution in [3.05, 3.63) is 96.1 Å². The number of benzene rings is 3. The lowest BCUT2D eigenvalue weighted by atomic mass is 9.98. The maximum absolute atomic E-state index is 13.5. The second-order valence-corrected chi connectivity index (χ2v) is 8.51. The highest BCUT2D eigenvalue weighted by Crippen LogP contribution is 2.54. The van der Waals surface area contributed by atoms with Crippen LogP contribution < -0.4 is 10.2 Å². The monoisotopic (exact) mass is 442 g/mol. The fraction of sp³-hybridized carbons (Fsp3) is 0.0800. The van der Waals surface area contributed by atoms with Crippen LogP contribution >= 0.6 is 11.8 Å². The maximum Gasteiger partial charge on any atom is 0.348 e. The van der Waals surface area contributed by atoms with E-state index in [1.165, 1.54) is 12.0 Å². The van der Waals surface area contributed by atoms with E-state index < -0.39 is 22.5 Å². The number of hydrogen-bond acceptors (Lipinski definition) is 6. The first-order valence-corrected chi connectivity index (χ1v) is 10.8. The van der Waals surface area contributed by atoms with Gasteiger partial charge in [0.15, 0.2) is 0 Å². The number of fused-ring (bicyclic) bond motifs is 2. The number of nitrogens with one attached hydrogen (secondary N) is 1. The predicted molar refractivity (Wildman–Crippen MR) is 123 cm³/mol. The zero-order valence-electron chi connectivity index (χ0n) is 17.1. The molecule has 5 rings (SSSR count). The number of anilines is 2. The van der Waals surface area contributed by atoms with Gasteiger partial charge in [-0.3, -0.25) is 14.5 Å². The number of Topliss-reactive ketones (excluding diaryl/α,β-unsaturated/α-hetero) is 1. The van der Waals surface area contributed by atoms with Crippen molar-refractivity contribution >= 4 is 46.5 Å². The van der Waals surface area contributed by atoms with Gasteiger partial charge in [0.25, 0.3) is 5.78 Å². The van der Waals surface area contributed by atoms with Crippen LogP contribution in [0.25, 0.3) is 5.70 Å². The maximum atomic E-state index is 13.5. The number of carbonyl (C=O) groups is 3. The summed E-state index contributed by atoms with van der Waals surface area (Å²) in [6.45, 7) is 0. The minimum Gasteiger partial charge on any atom is -0.466 e. The molecular weight excluding hydrogens is 424 g/mol. The van der Waals surface area contributed by atoms with Crippen molar-refractivity contribution in [2.24, 2.45) is 0 Å². The molecule has 1 N–H and O–H groups in total. The molecule has 0 unspecified atom stereocenters. The summed E-state index contributed by atoms with van der Waals surface area (Å²) in [5.41, 5.74) is 2.32. The van der Waals surface area contributed by atoms with E-state index in [1.807, 2.05) is 54.6 Å². The largest absolute Gasteiger partial charge is 0.466 e. The molecule has 6 nitrogen and oxygen atoms in total. The Balaban J connectivity index is 1.90. The predicted octanol–water partition coefficient (Wildman–Crippen LogP) is 4.10. The van der Waals surface area contributed by atoms with Gasteiger partial charge in [-0.15, -0.1) is 0 Å². The molecule has 0 saturated carbocycles. The second kappa shape index (κ2) is 7.69. The van der Waals surface area contributed by atoms with Gasteiger partial charge < -0.3 is 10.1 Å². The summed E-state index contributed by atoms with van der Waals surface area (Å²) in [6, 6.07) is 25.3. The molecule has 7 heteroatoms. The van der Waals surface area contributed by atoms with E-state index in [9.17, 15) is 14.4 Å². The van der Waals surface area contributed by atoms with Gasteiger partial charge >= 0.3 is 11.9 Å². The number of para-hydroxylation sites is 2.